The summed E-state index contributed by atoms with van der Waals surface area (Å²) in [6.45, 7) is 2.81. The molecular weight excluding hydrogens is 420 g/mol. The van der Waals surface area contributed by atoms with E-state index in [2.05, 4.69) is 17.1 Å². The van der Waals surface area contributed by atoms with Crippen LogP contribution in [0, 0.1) is 0 Å². The predicted molar refractivity (Wildman–Crippen MR) is 119 cm³/mol. The molecule has 156 valence electrons. The number of thioether (sulfide) groups is 1. The van der Waals surface area contributed by atoms with Crippen LogP contribution >= 0.6 is 23.1 Å². The van der Waals surface area contributed by atoms with Crippen molar-refractivity contribution in [3.8, 4) is 17.1 Å². The van der Waals surface area contributed by atoms with Gasteiger partial charge in [-0.25, -0.2) is 4.98 Å². The summed E-state index contributed by atoms with van der Waals surface area (Å²) in [6.07, 6.45) is 3.13. The Morgan fingerprint density at radius 3 is 2.77 bits per heavy atom. The molecule has 0 radical (unpaired) electrons. The maximum atomic E-state index is 12.9. The first-order valence-electron chi connectivity index (χ1n) is 9.77. The molecule has 0 amide bonds. The van der Waals surface area contributed by atoms with Gasteiger partial charge in [0.25, 0.3) is 5.56 Å². The van der Waals surface area contributed by atoms with Gasteiger partial charge in [0.2, 0.25) is 11.7 Å². The number of fused-ring (bicyclic) bond motifs is 1. The van der Waals surface area contributed by atoms with Crippen LogP contribution in [-0.2, 0) is 12.3 Å². The van der Waals surface area contributed by atoms with Gasteiger partial charge in [-0.05, 0) is 42.1 Å². The second kappa shape index (κ2) is 9.44. The molecule has 0 unspecified atom stereocenters. The molecular formula is C21H22N4O3S2. The Morgan fingerprint density at radius 2 is 2.00 bits per heavy atom. The highest BCUT2D eigenvalue weighted by Crippen LogP contribution is 2.25. The van der Waals surface area contributed by atoms with Crippen LogP contribution in [0.3, 0.4) is 0 Å². The standard InChI is InChI=1S/C21H22N4O3S2/c1-3-4-5-11-25-20(26)18-16(10-12-29-18)22-21(25)30-13-17-23-19(24-28-17)14-6-8-15(27-2)9-7-14/h6-10,12H,3-5,11,13H2,1-2H3. The van der Waals surface area contributed by atoms with E-state index in [4.69, 9.17) is 14.2 Å². The lowest BCUT2D eigenvalue weighted by Crippen LogP contribution is -2.22. The van der Waals surface area contributed by atoms with Gasteiger partial charge < -0.3 is 9.26 Å². The summed E-state index contributed by atoms with van der Waals surface area (Å²) < 4.78 is 13.1. The third-order valence-corrected chi connectivity index (χ3v) is 6.51. The average molecular weight is 443 g/mol. The zero-order valence-corrected chi connectivity index (χ0v) is 18.5. The smallest absolute Gasteiger partial charge is 0.272 e. The quantitative estimate of drug-likeness (QED) is 0.205. The Morgan fingerprint density at radius 1 is 1.17 bits per heavy atom. The molecule has 0 spiro atoms. The molecule has 0 fully saturated rings. The molecule has 3 heterocycles. The summed E-state index contributed by atoms with van der Waals surface area (Å²) in [5, 5.41) is 6.66. The number of rotatable bonds is 9. The van der Waals surface area contributed by atoms with Crippen molar-refractivity contribution < 1.29 is 9.26 Å². The zero-order chi connectivity index (χ0) is 20.9. The molecule has 0 bridgehead atoms. The van der Waals surface area contributed by atoms with E-state index in [1.807, 2.05) is 35.7 Å². The van der Waals surface area contributed by atoms with Crippen molar-refractivity contribution in [2.45, 2.75) is 43.6 Å². The molecule has 3 aromatic heterocycles. The summed E-state index contributed by atoms with van der Waals surface area (Å²) in [5.74, 6) is 2.23. The number of aromatic nitrogens is 4. The van der Waals surface area contributed by atoms with E-state index in [1.54, 1.807) is 11.7 Å². The summed E-state index contributed by atoms with van der Waals surface area (Å²) in [6, 6.07) is 9.37. The molecule has 4 aromatic rings. The van der Waals surface area contributed by atoms with E-state index in [9.17, 15) is 4.79 Å². The Kier molecular flexibility index (Phi) is 6.49. The molecule has 0 N–H and O–H groups in total. The van der Waals surface area contributed by atoms with E-state index in [0.29, 0.717) is 33.9 Å². The van der Waals surface area contributed by atoms with Crippen LogP contribution in [0.25, 0.3) is 21.6 Å². The lowest BCUT2D eigenvalue weighted by atomic mass is 10.2. The number of nitrogens with zero attached hydrogens (tertiary/aromatic N) is 4. The van der Waals surface area contributed by atoms with Crippen LogP contribution in [0.1, 0.15) is 32.1 Å². The van der Waals surface area contributed by atoms with Crippen LogP contribution in [-0.4, -0.2) is 26.8 Å². The van der Waals surface area contributed by atoms with Gasteiger partial charge in [0.1, 0.15) is 10.4 Å². The van der Waals surface area contributed by atoms with Crippen molar-refractivity contribution in [3.05, 3.63) is 52.0 Å². The SMILES string of the molecule is CCCCCn1c(SCc2nc(-c3ccc(OC)cc3)no2)nc2ccsc2c1=O. The topological polar surface area (TPSA) is 83.0 Å². The van der Waals surface area contributed by atoms with Crippen molar-refractivity contribution in [3.63, 3.8) is 0 Å². The number of hydrogen-bond donors (Lipinski definition) is 0. The van der Waals surface area contributed by atoms with Crippen molar-refractivity contribution in [2.75, 3.05) is 7.11 Å². The number of ether oxygens (including phenoxy) is 1. The fraction of sp³-hybridized carbons (Fsp3) is 0.333. The number of hydrogen-bond acceptors (Lipinski definition) is 8. The fourth-order valence-electron chi connectivity index (χ4n) is 3.05. The van der Waals surface area contributed by atoms with Crippen molar-refractivity contribution in [1.82, 2.24) is 19.7 Å². The lowest BCUT2D eigenvalue weighted by molar-refractivity contribution is 0.391. The first-order chi connectivity index (χ1) is 14.7. The minimum absolute atomic E-state index is 0.0260. The number of thiophene rings is 1. The number of methoxy groups -OCH3 is 1. The first-order valence-corrected chi connectivity index (χ1v) is 11.6. The second-order valence-electron chi connectivity index (χ2n) is 6.72. The Labute approximate surface area is 182 Å². The van der Waals surface area contributed by atoms with E-state index in [1.165, 1.54) is 23.1 Å². The number of unbranched alkanes of at least 4 members (excludes halogenated alkanes) is 2. The second-order valence-corrected chi connectivity index (χ2v) is 8.58. The van der Waals surface area contributed by atoms with Crippen LogP contribution in [0.4, 0.5) is 0 Å². The van der Waals surface area contributed by atoms with Gasteiger partial charge >= 0.3 is 0 Å². The Bertz CT molecular complexity index is 1180. The molecule has 0 saturated carbocycles. The third kappa shape index (κ3) is 4.41. The fourth-order valence-corrected chi connectivity index (χ4v) is 4.69. The highest BCUT2D eigenvalue weighted by Gasteiger charge is 2.15. The predicted octanol–water partition coefficient (Wildman–Crippen LogP) is 5.00. The van der Waals surface area contributed by atoms with Crippen LogP contribution in [0.2, 0.25) is 0 Å². The maximum absolute atomic E-state index is 12.9. The monoisotopic (exact) mass is 442 g/mol. The van der Waals surface area contributed by atoms with Crippen molar-refractivity contribution in [1.29, 1.82) is 0 Å². The van der Waals surface area contributed by atoms with Gasteiger partial charge in [-0.1, -0.05) is 36.7 Å². The van der Waals surface area contributed by atoms with Gasteiger partial charge in [-0.15, -0.1) is 11.3 Å². The molecule has 0 aliphatic heterocycles. The van der Waals surface area contributed by atoms with Crippen LogP contribution in [0.15, 0.2) is 50.2 Å². The molecule has 7 nitrogen and oxygen atoms in total. The van der Waals surface area contributed by atoms with Crippen molar-refractivity contribution >= 4 is 33.3 Å². The van der Waals surface area contributed by atoms with Gasteiger partial charge in [0.05, 0.1) is 18.4 Å². The molecule has 30 heavy (non-hydrogen) atoms. The van der Waals surface area contributed by atoms with Gasteiger partial charge in [-0.3, -0.25) is 9.36 Å². The van der Waals surface area contributed by atoms with E-state index >= 15 is 0 Å². The van der Waals surface area contributed by atoms with Crippen LogP contribution < -0.4 is 10.3 Å². The van der Waals surface area contributed by atoms with E-state index < -0.39 is 0 Å². The largest absolute Gasteiger partial charge is 0.497 e. The molecule has 4 rings (SSSR count). The lowest BCUT2D eigenvalue weighted by Gasteiger charge is -2.10. The summed E-state index contributed by atoms with van der Waals surface area (Å²) in [4.78, 5) is 22.1. The number of benzene rings is 1. The normalized spacial score (nSPS) is 11.3. The minimum Gasteiger partial charge on any atom is -0.497 e. The molecule has 0 aliphatic rings. The molecule has 0 saturated heterocycles. The molecule has 1 aromatic carbocycles. The highest BCUT2D eigenvalue weighted by molar-refractivity contribution is 7.98. The van der Waals surface area contributed by atoms with E-state index in [-0.39, 0.29) is 5.56 Å². The zero-order valence-electron chi connectivity index (χ0n) is 16.8. The minimum atomic E-state index is 0.0260. The first kappa shape index (κ1) is 20.6. The van der Waals surface area contributed by atoms with Gasteiger partial charge in [-0.2, -0.15) is 4.98 Å². The Hall–Kier alpha value is -2.65. The Balaban J connectivity index is 1.53. The molecule has 0 aliphatic carbocycles. The maximum Gasteiger partial charge on any atom is 0.272 e. The third-order valence-electron chi connectivity index (χ3n) is 4.66. The van der Waals surface area contributed by atoms with E-state index in [0.717, 1.165) is 36.1 Å². The summed E-state index contributed by atoms with van der Waals surface area (Å²) >= 11 is 2.88. The van der Waals surface area contributed by atoms with Gasteiger partial charge in [0, 0.05) is 12.1 Å². The summed E-state index contributed by atoms with van der Waals surface area (Å²) in [5.41, 5.74) is 1.62. The summed E-state index contributed by atoms with van der Waals surface area (Å²) in [7, 11) is 1.63. The van der Waals surface area contributed by atoms with Crippen molar-refractivity contribution in [2.24, 2.45) is 0 Å². The van der Waals surface area contributed by atoms with Crippen LogP contribution in [0.5, 0.6) is 5.75 Å². The highest BCUT2D eigenvalue weighted by atomic mass is 32.2. The molecule has 9 heteroatoms. The average Bonchev–Trinajstić information content (AvgIpc) is 3.44. The van der Waals surface area contributed by atoms with Gasteiger partial charge in [0.15, 0.2) is 5.16 Å². The molecule has 0 atom stereocenters.